The molecule has 2 nitrogen and oxygen atoms in total. The zero-order valence-electron chi connectivity index (χ0n) is 5.57. The highest BCUT2D eigenvalue weighted by molar-refractivity contribution is 7.80. The van der Waals surface area contributed by atoms with Gasteiger partial charge in [-0.25, -0.2) is 0 Å². The molecule has 0 N–H and O–H groups in total. The highest BCUT2D eigenvalue weighted by Gasteiger charge is 2.00. The fraction of sp³-hybridized carbons (Fsp3) is 0.500. The number of aryl methyl sites for hydroxylation is 1. The Hall–Kier alpha value is -0.440. The maximum Gasteiger partial charge on any atom is 0.0748 e. The first kappa shape index (κ1) is 6.68. The molecule has 1 rings (SSSR count). The molecule has 0 amide bonds. The third-order valence-corrected chi connectivity index (χ3v) is 1.43. The van der Waals surface area contributed by atoms with Crippen molar-refractivity contribution in [3.8, 4) is 0 Å². The molecule has 0 aliphatic carbocycles. The molecule has 1 unspecified atom stereocenters. The van der Waals surface area contributed by atoms with E-state index in [1.54, 1.807) is 4.68 Å². The Bertz CT molecular complexity index is 193. The van der Waals surface area contributed by atoms with Gasteiger partial charge in [-0.05, 0) is 13.0 Å². The first-order valence-electron chi connectivity index (χ1n) is 2.88. The van der Waals surface area contributed by atoms with Crippen molar-refractivity contribution in [1.29, 1.82) is 0 Å². The van der Waals surface area contributed by atoms with Crippen LogP contribution in [-0.4, -0.2) is 9.78 Å². The molecule has 0 bridgehead atoms. The maximum absolute atomic E-state index is 4.23. The molecule has 3 heteroatoms. The van der Waals surface area contributed by atoms with Crippen molar-refractivity contribution in [2.24, 2.45) is 7.05 Å². The predicted molar refractivity (Wildman–Crippen MR) is 40.6 cm³/mol. The minimum Gasteiger partial charge on any atom is -0.276 e. The molecule has 0 spiro atoms. The first-order valence-corrected chi connectivity index (χ1v) is 3.39. The Kier molecular flexibility index (Phi) is 1.81. The number of nitrogens with zero attached hydrogens (tertiary/aromatic N) is 2. The van der Waals surface area contributed by atoms with Crippen molar-refractivity contribution in [3.05, 3.63) is 18.0 Å². The summed E-state index contributed by atoms with van der Waals surface area (Å²) in [4.78, 5) is 0. The Morgan fingerprint density at radius 3 is 2.67 bits per heavy atom. The lowest BCUT2D eigenvalue weighted by atomic mass is 10.3. The fourth-order valence-electron chi connectivity index (χ4n) is 0.656. The van der Waals surface area contributed by atoms with E-state index in [2.05, 4.69) is 17.7 Å². The van der Waals surface area contributed by atoms with E-state index in [0.717, 1.165) is 5.69 Å². The van der Waals surface area contributed by atoms with Crippen molar-refractivity contribution in [2.75, 3.05) is 0 Å². The second-order valence-corrected chi connectivity index (χ2v) is 2.86. The zero-order valence-corrected chi connectivity index (χ0v) is 6.47. The number of thiol groups is 1. The molecule has 1 aromatic rings. The summed E-state index contributed by atoms with van der Waals surface area (Å²) in [6.07, 6.45) is 1.92. The van der Waals surface area contributed by atoms with Crippen LogP contribution in [0.25, 0.3) is 0 Å². The lowest BCUT2D eigenvalue weighted by molar-refractivity contribution is 0.744. The molecule has 1 aromatic heterocycles. The van der Waals surface area contributed by atoms with Gasteiger partial charge < -0.3 is 0 Å². The van der Waals surface area contributed by atoms with E-state index in [9.17, 15) is 0 Å². The van der Waals surface area contributed by atoms with Crippen molar-refractivity contribution in [1.82, 2.24) is 9.78 Å². The third kappa shape index (κ3) is 1.48. The summed E-state index contributed by atoms with van der Waals surface area (Å²) in [5.74, 6) is 0. The smallest absolute Gasteiger partial charge is 0.0748 e. The average molecular weight is 142 g/mol. The van der Waals surface area contributed by atoms with Gasteiger partial charge in [0.2, 0.25) is 0 Å². The van der Waals surface area contributed by atoms with Crippen LogP contribution in [-0.2, 0) is 7.05 Å². The van der Waals surface area contributed by atoms with Gasteiger partial charge in [-0.15, -0.1) is 0 Å². The Morgan fingerprint density at radius 2 is 2.44 bits per heavy atom. The maximum atomic E-state index is 4.23. The van der Waals surface area contributed by atoms with Crippen molar-refractivity contribution < 1.29 is 0 Å². The summed E-state index contributed by atoms with van der Waals surface area (Å²) < 4.78 is 1.78. The van der Waals surface area contributed by atoms with Crippen LogP contribution in [0, 0.1) is 0 Å². The van der Waals surface area contributed by atoms with Crippen LogP contribution in [0.15, 0.2) is 12.3 Å². The Labute approximate surface area is 60.3 Å². The molecule has 50 valence electrons. The van der Waals surface area contributed by atoms with Crippen LogP contribution >= 0.6 is 12.6 Å². The van der Waals surface area contributed by atoms with E-state index in [1.807, 2.05) is 26.2 Å². The standard InChI is InChI=1S/C6H10N2S/c1-5(9)6-3-4-8(2)7-6/h3-5,9H,1-2H3. The van der Waals surface area contributed by atoms with Gasteiger partial charge >= 0.3 is 0 Å². The molecule has 0 aromatic carbocycles. The van der Waals surface area contributed by atoms with Gasteiger partial charge in [-0.2, -0.15) is 17.7 Å². The van der Waals surface area contributed by atoms with Gasteiger partial charge in [0.1, 0.15) is 0 Å². The Morgan fingerprint density at radius 1 is 1.78 bits per heavy atom. The SMILES string of the molecule is CC(S)c1ccn(C)n1. The molecule has 0 aliphatic heterocycles. The molecule has 1 heterocycles. The summed E-state index contributed by atoms with van der Waals surface area (Å²) in [5, 5.41) is 4.39. The van der Waals surface area contributed by atoms with Gasteiger partial charge in [-0.3, -0.25) is 4.68 Å². The molecule has 1 atom stereocenters. The highest BCUT2D eigenvalue weighted by atomic mass is 32.1. The monoisotopic (exact) mass is 142 g/mol. The van der Waals surface area contributed by atoms with Gasteiger partial charge in [0.05, 0.1) is 5.69 Å². The molecule has 0 saturated carbocycles. The molecule has 9 heavy (non-hydrogen) atoms. The number of aromatic nitrogens is 2. The second-order valence-electron chi connectivity index (χ2n) is 2.09. The normalized spacial score (nSPS) is 13.7. The van der Waals surface area contributed by atoms with E-state index in [1.165, 1.54) is 0 Å². The van der Waals surface area contributed by atoms with Gasteiger partial charge in [0, 0.05) is 18.5 Å². The van der Waals surface area contributed by atoms with Crippen molar-refractivity contribution in [3.63, 3.8) is 0 Å². The minimum absolute atomic E-state index is 0.242. The van der Waals surface area contributed by atoms with Crippen LogP contribution in [0.5, 0.6) is 0 Å². The quantitative estimate of drug-likeness (QED) is 0.587. The summed E-state index contributed by atoms with van der Waals surface area (Å²) in [6, 6.07) is 1.97. The Balaban J connectivity index is 2.85. The van der Waals surface area contributed by atoms with E-state index < -0.39 is 0 Å². The average Bonchev–Trinajstić information content (AvgIpc) is 2.14. The lowest BCUT2D eigenvalue weighted by Gasteiger charge is -1.94. The van der Waals surface area contributed by atoms with E-state index in [0.29, 0.717) is 0 Å². The number of rotatable bonds is 1. The molecular weight excluding hydrogens is 132 g/mol. The highest BCUT2D eigenvalue weighted by Crippen LogP contribution is 2.14. The number of hydrogen-bond donors (Lipinski definition) is 1. The topological polar surface area (TPSA) is 17.8 Å². The van der Waals surface area contributed by atoms with Crippen molar-refractivity contribution >= 4 is 12.6 Å². The minimum atomic E-state index is 0.242. The van der Waals surface area contributed by atoms with E-state index in [-0.39, 0.29) is 5.25 Å². The number of hydrogen-bond acceptors (Lipinski definition) is 2. The zero-order chi connectivity index (χ0) is 6.85. The predicted octanol–water partition coefficient (Wildman–Crippen LogP) is 1.41. The van der Waals surface area contributed by atoms with Crippen LogP contribution in [0.1, 0.15) is 17.9 Å². The van der Waals surface area contributed by atoms with Gasteiger partial charge in [0.25, 0.3) is 0 Å². The van der Waals surface area contributed by atoms with Crippen LogP contribution in [0.2, 0.25) is 0 Å². The van der Waals surface area contributed by atoms with Gasteiger partial charge in [0.15, 0.2) is 0 Å². The summed E-state index contributed by atoms with van der Waals surface area (Å²) in [7, 11) is 1.90. The van der Waals surface area contributed by atoms with Crippen LogP contribution in [0.3, 0.4) is 0 Å². The molecule has 0 radical (unpaired) electrons. The second kappa shape index (κ2) is 2.43. The molecule has 0 fully saturated rings. The first-order chi connectivity index (χ1) is 4.20. The van der Waals surface area contributed by atoms with Crippen molar-refractivity contribution in [2.45, 2.75) is 12.2 Å². The third-order valence-electron chi connectivity index (χ3n) is 1.16. The summed E-state index contributed by atoms with van der Waals surface area (Å²) in [5.41, 5.74) is 1.03. The summed E-state index contributed by atoms with van der Waals surface area (Å²) >= 11 is 4.23. The fourth-order valence-corrected chi connectivity index (χ4v) is 0.794. The molecular formula is C6H10N2S. The molecule has 0 aliphatic rings. The summed E-state index contributed by atoms with van der Waals surface area (Å²) in [6.45, 7) is 2.01. The van der Waals surface area contributed by atoms with Gasteiger partial charge in [-0.1, -0.05) is 0 Å². The van der Waals surface area contributed by atoms with E-state index >= 15 is 0 Å². The van der Waals surface area contributed by atoms with Crippen LogP contribution < -0.4 is 0 Å². The van der Waals surface area contributed by atoms with E-state index in [4.69, 9.17) is 0 Å². The largest absolute Gasteiger partial charge is 0.276 e. The lowest BCUT2D eigenvalue weighted by Crippen LogP contribution is -1.90. The molecule has 0 saturated heterocycles. The van der Waals surface area contributed by atoms with Crippen LogP contribution in [0.4, 0.5) is 0 Å².